The second kappa shape index (κ2) is 8.11. The standard InChI is InChI=1S/C13H15F4N5O/c1-3-10(14)11(22-12(18)23-7-13(15,16)17)21-6-9-5-19-8(2)4-20-9/h3-5,21H,1,6-7H2,2H3,(H2,18,22)/b11-10+. The fourth-order valence-corrected chi connectivity index (χ4v) is 1.26. The predicted molar refractivity (Wildman–Crippen MR) is 75.6 cm³/mol. The summed E-state index contributed by atoms with van der Waals surface area (Å²) < 4.78 is 53.9. The summed E-state index contributed by atoms with van der Waals surface area (Å²) in [5.74, 6) is -1.34. The van der Waals surface area contributed by atoms with Crippen molar-refractivity contribution in [3.8, 4) is 0 Å². The third-order valence-electron chi connectivity index (χ3n) is 2.28. The summed E-state index contributed by atoms with van der Waals surface area (Å²) in [5, 5.41) is 2.54. The lowest BCUT2D eigenvalue weighted by Gasteiger charge is -2.10. The average Bonchev–Trinajstić information content (AvgIpc) is 2.49. The van der Waals surface area contributed by atoms with Crippen LogP contribution in [0.25, 0.3) is 0 Å². The molecule has 0 saturated heterocycles. The Balaban J connectivity index is 2.77. The van der Waals surface area contributed by atoms with Crippen LogP contribution in [0.15, 0.2) is 41.7 Å². The van der Waals surface area contributed by atoms with Gasteiger partial charge >= 0.3 is 6.18 Å². The molecule has 126 valence electrons. The van der Waals surface area contributed by atoms with Gasteiger partial charge in [-0.3, -0.25) is 9.97 Å². The van der Waals surface area contributed by atoms with E-state index in [1.54, 1.807) is 6.92 Å². The smallest absolute Gasteiger partial charge is 0.422 e. The molecule has 0 spiro atoms. The lowest BCUT2D eigenvalue weighted by atomic mass is 10.4. The van der Waals surface area contributed by atoms with Crippen LogP contribution in [0.5, 0.6) is 0 Å². The van der Waals surface area contributed by atoms with Crippen LogP contribution in [0.4, 0.5) is 17.6 Å². The lowest BCUT2D eigenvalue weighted by Crippen LogP contribution is -2.26. The number of halogens is 4. The van der Waals surface area contributed by atoms with Gasteiger partial charge < -0.3 is 15.8 Å². The third kappa shape index (κ3) is 7.25. The molecule has 0 fully saturated rings. The van der Waals surface area contributed by atoms with Gasteiger partial charge in [-0.2, -0.15) is 18.2 Å². The largest absolute Gasteiger partial charge is 0.455 e. The number of nitrogens with one attached hydrogen (secondary N) is 1. The van der Waals surface area contributed by atoms with Gasteiger partial charge in [0.25, 0.3) is 6.02 Å². The minimum atomic E-state index is -4.58. The molecule has 0 amide bonds. The molecule has 1 rings (SSSR count). The Bertz CT molecular complexity index is 595. The van der Waals surface area contributed by atoms with E-state index in [4.69, 9.17) is 5.73 Å². The molecule has 1 aromatic heterocycles. The van der Waals surface area contributed by atoms with E-state index in [2.05, 4.69) is 31.6 Å². The highest BCUT2D eigenvalue weighted by atomic mass is 19.4. The van der Waals surface area contributed by atoms with Crippen molar-refractivity contribution in [1.29, 1.82) is 0 Å². The molecule has 0 unspecified atom stereocenters. The van der Waals surface area contributed by atoms with Crippen molar-refractivity contribution in [3.63, 3.8) is 0 Å². The van der Waals surface area contributed by atoms with Gasteiger partial charge in [-0.25, -0.2) is 4.39 Å². The van der Waals surface area contributed by atoms with Crippen LogP contribution in [-0.2, 0) is 11.3 Å². The minimum absolute atomic E-state index is 0.0277. The molecule has 1 aromatic rings. The number of amidine groups is 1. The fourth-order valence-electron chi connectivity index (χ4n) is 1.26. The van der Waals surface area contributed by atoms with Gasteiger partial charge in [0.1, 0.15) is 0 Å². The highest BCUT2D eigenvalue weighted by molar-refractivity contribution is 5.72. The van der Waals surface area contributed by atoms with Crippen LogP contribution in [0.3, 0.4) is 0 Å². The van der Waals surface area contributed by atoms with E-state index in [0.717, 1.165) is 6.08 Å². The van der Waals surface area contributed by atoms with Gasteiger partial charge in [0.05, 0.1) is 24.1 Å². The Labute approximate surface area is 129 Å². The van der Waals surface area contributed by atoms with E-state index in [1.165, 1.54) is 12.4 Å². The summed E-state index contributed by atoms with van der Waals surface area (Å²) in [5.41, 5.74) is 6.35. The summed E-state index contributed by atoms with van der Waals surface area (Å²) in [4.78, 5) is 11.5. The second-order valence-corrected chi connectivity index (χ2v) is 4.26. The topological polar surface area (TPSA) is 85.4 Å². The maximum Gasteiger partial charge on any atom is 0.422 e. The number of alkyl halides is 3. The zero-order valence-corrected chi connectivity index (χ0v) is 12.2. The molecule has 6 nitrogen and oxygen atoms in total. The van der Waals surface area contributed by atoms with Gasteiger partial charge in [0, 0.05) is 6.20 Å². The first-order valence-electron chi connectivity index (χ1n) is 6.28. The van der Waals surface area contributed by atoms with Gasteiger partial charge in [0.2, 0.25) is 0 Å². The van der Waals surface area contributed by atoms with E-state index in [9.17, 15) is 17.6 Å². The Morgan fingerprint density at radius 1 is 1.43 bits per heavy atom. The molecule has 0 radical (unpaired) electrons. The molecule has 0 aliphatic heterocycles. The van der Waals surface area contributed by atoms with Crippen LogP contribution in [0, 0.1) is 6.92 Å². The number of rotatable bonds is 6. The van der Waals surface area contributed by atoms with Crippen molar-refractivity contribution in [3.05, 3.63) is 48.1 Å². The van der Waals surface area contributed by atoms with E-state index in [1.807, 2.05) is 0 Å². The van der Waals surface area contributed by atoms with Crippen molar-refractivity contribution >= 4 is 6.02 Å². The Hall–Kier alpha value is -2.65. The second-order valence-electron chi connectivity index (χ2n) is 4.26. The third-order valence-corrected chi connectivity index (χ3v) is 2.28. The molecule has 0 aromatic carbocycles. The van der Waals surface area contributed by atoms with Gasteiger partial charge in [-0.1, -0.05) is 6.58 Å². The number of aryl methyl sites for hydroxylation is 1. The van der Waals surface area contributed by atoms with Crippen molar-refractivity contribution < 1.29 is 22.3 Å². The molecule has 3 N–H and O–H groups in total. The van der Waals surface area contributed by atoms with E-state index in [-0.39, 0.29) is 6.54 Å². The van der Waals surface area contributed by atoms with Crippen LogP contribution in [-0.4, -0.2) is 28.8 Å². The maximum absolute atomic E-state index is 13.6. The van der Waals surface area contributed by atoms with E-state index < -0.39 is 30.5 Å². The highest BCUT2D eigenvalue weighted by Crippen LogP contribution is 2.14. The normalized spacial score (nSPS) is 13.3. The fraction of sp³-hybridized carbons (Fsp3) is 0.308. The van der Waals surface area contributed by atoms with Gasteiger partial charge in [0.15, 0.2) is 18.3 Å². The van der Waals surface area contributed by atoms with Crippen LogP contribution >= 0.6 is 0 Å². The summed E-state index contributed by atoms with van der Waals surface area (Å²) in [6, 6.07) is -0.836. The lowest BCUT2D eigenvalue weighted by molar-refractivity contribution is -0.156. The number of hydrogen-bond donors (Lipinski definition) is 2. The molecular weight excluding hydrogens is 318 g/mol. The SMILES string of the molecule is C=C/C(F)=C(\N=C(N)OCC(F)(F)F)NCc1cnc(C)cn1. The molecule has 0 saturated carbocycles. The molecule has 0 bridgehead atoms. The van der Waals surface area contributed by atoms with Crippen molar-refractivity contribution in [1.82, 2.24) is 15.3 Å². The van der Waals surface area contributed by atoms with Crippen molar-refractivity contribution in [2.45, 2.75) is 19.6 Å². The van der Waals surface area contributed by atoms with Crippen LogP contribution in [0.2, 0.25) is 0 Å². The number of hydrogen-bond acceptors (Lipinski definition) is 5. The number of ether oxygens (including phenoxy) is 1. The summed E-state index contributed by atoms with van der Waals surface area (Å²) in [6.45, 7) is 3.35. The Kier molecular flexibility index (Phi) is 6.49. The average molecular weight is 333 g/mol. The first-order chi connectivity index (χ1) is 10.7. The van der Waals surface area contributed by atoms with E-state index >= 15 is 0 Å². The molecule has 1 heterocycles. The molecule has 0 aliphatic rings. The number of nitrogens with zero attached hydrogens (tertiary/aromatic N) is 3. The molecule has 10 heteroatoms. The van der Waals surface area contributed by atoms with E-state index in [0.29, 0.717) is 11.4 Å². The highest BCUT2D eigenvalue weighted by Gasteiger charge is 2.28. The number of allylic oxidation sites excluding steroid dienone is 2. The molecule has 23 heavy (non-hydrogen) atoms. The quantitative estimate of drug-likeness (QED) is 0.360. The van der Waals surface area contributed by atoms with Crippen LogP contribution in [0.1, 0.15) is 11.4 Å². The predicted octanol–water partition coefficient (Wildman–Crippen LogP) is 2.09. The van der Waals surface area contributed by atoms with Crippen molar-refractivity contribution in [2.24, 2.45) is 10.7 Å². The van der Waals surface area contributed by atoms with Crippen molar-refractivity contribution in [2.75, 3.05) is 6.61 Å². The zero-order chi connectivity index (χ0) is 17.5. The summed E-state index contributed by atoms with van der Waals surface area (Å²) >= 11 is 0. The maximum atomic E-state index is 13.6. The Morgan fingerprint density at radius 3 is 2.65 bits per heavy atom. The monoisotopic (exact) mass is 333 g/mol. The number of nitrogens with two attached hydrogens (primary N) is 1. The Morgan fingerprint density at radius 2 is 2.13 bits per heavy atom. The zero-order valence-electron chi connectivity index (χ0n) is 12.2. The molecule has 0 aliphatic carbocycles. The summed E-state index contributed by atoms with van der Waals surface area (Å²) in [7, 11) is 0. The number of aromatic nitrogens is 2. The first-order valence-corrected chi connectivity index (χ1v) is 6.28. The number of aliphatic imine (C=N–C) groups is 1. The van der Waals surface area contributed by atoms with Gasteiger partial charge in [-0.15, -0.1) is 0 Å². The first kappa shape index (κ1) is 18.4. The van der Waals surface area contributed by atoms with Crippen LogP contribution < -0.4 is 11.1 Å². The summed E-state index contributed by atoms with van der Waals surface area (Å²) in [6.07, 6.45) is -0.789. The molecule has 0 atom stereocenters. The molecular formula is C13H15F4N5O. The van der Waals surface area contributed by atoms with Gasteiger partial charge in [-0.05, 0) is 13.0 Å². The minimum Gasteiger partial charge on any atom is -0.455 e.